The van der Waals surface area contributed by atoms with Gasteiger partial charge in [0, 0.05) is 29.2 Å². The van der Waals surface area contributed by atoms with Gasteiger partial charge < -0.3 is 11.1 Å². The van der Waals surface area contributed by atoms with Crippen molar-refractivity contribution in [2.45, 2.75) is 6.18 Å². The molecule has 2 aromatic heterocycles. The van der Waals surface area contributed by atoms with Crippen molar-refractivity contribution in [1.82, 2.24) is 9.97 Å². The van der Waals surface area contributed by atoms with Crippen molar-refractivity contribution >= 4 is 34.6 Å². The van der Waals surface area contributed by atoms with Crippen LogP contribution in [0.4, 0.5) is 24.7 Å². The van der Waals surface area contributed by atoms with Crippen LogP contribution in [0, 0.1) is 0 Å². The Bertz CT molecular complexity index is 1060. The smallest absolute Gasteiger partial charge is 0.366 e. The minimum absolute atomic E-state index is 0.111. The summed E-state index contributed by atoms with van der Waals surface area (Å²) >= 11 is 5.89. The van der Waals surface area contributed by atoms with Crippen molar-refractivity contribution in [2.24, 2.45) is 5.73 Å². The molecule has 0 aliphatic carbocycles. The molecule has 5 nitrogen and oxygen atoms in total. The molecule has 0 aliphatic rings. The zero-order valence-corrected chi connectivity index (χ0v) is 15.6. The van der Waals surface area contributed by atoms with E-state index in [2.05, 4.69) is 21.9 Å². The number of nitrogens with two attached hydrogens (primary N) is 1. The third-order valence-electron chi connectivity index (χ3n) is 4.02. The summed E-state index contributed by atoms with van der Waals surface area (Å²) in [6, 6.07) is 10.3. The second-order valence-corrected chi connectivity index (χ2v) is 6.46. The second-order valence-electron chi connectivity index (χ2n) is 6.02. The quantitative estimate of drug-likeness (QED) is 0.567. The Hall–Kier alpha value is -3.39. The van der Waals surface area contributed by atoms with Gasteiger partial charge in [0.15, 0.2) is 0 Å². The van der Waals surface area contributed by atoms with E-state index >= 15 is 0 Å². The predicted molar refractivity (Wildman–Crippen MR) is 105 cm³/mol. The van der Waals surface area contributed by atoms with Crippen LogP contribution in [0.15, 0.2) is 61.4 Å². The van der Waals surface area contributed by atoms with Crippen LogP contribution in [0.25, 0.3) is 16.8 Å². The van der Waals surface area contributed by atoms with Crippen LogP contribution in [0.3, 0.4) is 0 Å². The van der Waals surface area contributed by atoms with Gasteiger partial charge in [-0.1, -0.05) is 24.2 Å². The van der Waals surface area contributed by atoms with Gasteiger partial charge in [0.25, 0.3) is 0 Å². The first-order valence-electron chi connectivity index (χ1n) is 8.20. The van der Waals surface area contributed by atoms with Crippen LogP contribution in [0.5, 0.6) is 0 Å². The molecule has 3 aromatic rings. The number of hydrogen-bond donors (Lipinski definition) is 2. The monoisotopic (exact) mass is 418 g/mol. The molecule has 0 atom stereocenters. The average molecular weight is 419 g/mol. The molecular formula is C20H14ClF3N4O. The van der Waals surface area contributed by atoms with E-state index < -0.39 is 17.6 Å². The number of alkyl halides is 3. The van der Waals surface area contributed by atoms with Crippen LogP contribution < -0.4 is 11.1 Å². The maximum Gasteiger partial charge on any atom is 0.417 e. The molecule has 0 radical (unpaired) electrons. The molecular weight excluding hydrogens is 405 g/mol. The number of amides is 1. The van der Waals surface area contributed by atoms with Crippen LogP contribution in [-0.2, 0) is 11.0 Å². The Morgan fingerprint density at radius 1 is 1.07 bits per heavy atom. The number of anilines is 2. The number of rotatable bonds is 5. The molecule has 0 aliphatic heterocycles. The van der Waals surface area contributed by atoms with Crippen molar-refractivity contribution in [2.75, 3.05) is 5.32 Å². The van der Waals surface area contributed by atoms with Crippen molar-refractivity contribution < 1.29 is 18.0 Å². The van der Waals surface area contributed by atoms with E-state index in [1.54, 1.807) is 30.3 Å². The van der Waals surface area contributed by atoms with E-state index in [1.807, 2.05) is 0 Å². The molecule has 1 aromatic carbocycles. The van der Waals surface area contributed by atoms with Crippen LogP contribution in [-0.4, -0.2) is 15.9 Å². The van der Waals surface area contributed by atoms with Crippen LogP contribution in [0.2, 0.25) is 5.02 Å². The Morgan fingerprint density at radius 3 is 2.38 bits per heavy atom. The summed E-state index contributed by atoms with van der Waals surface area (Å²) in [5, 5.41) is 3.40. The highest BCUT2D eigenvalue weighted by molar-refractivity contribution is 6.30. The summed E-state index contributed by atoms with van der Waals surface area (Å²) in [6.07, 6.45) is -2.28. The van der Waals surface area contributed by atoms with E-state index in [4.69, 9.17) is 17.3 Å². The fraction of sp³-hybridized carbons (Fsp3) is 0.0500. The SMILES string of the molecule is C=C(C(N)=O)c1ccc(Nc2ccc(C(F)(F)F)cn2)c(-c2ccc(Cl)cn2)c1. The minimum atomic E-state index is -4.47. The summed E-state index contributed by atoms with van der Waals surface area (Å²) in [4.78, 5) is 19.5. The maximum absolute atomic E-state index is 12.7. The molecule has 3 N–H and O–H groups in total. The maximum atomic E-state index is 12.7. The van der Waals surface area contributed by atoms with Gasteiger partial charge in [-0.05, 0) is 42.0 Å². The lowest BCUT2D eigenvalue weighted by Gasteiger charge is -2.14. The van der Waals surface area contributed by atoms with Gasteiger partial charge in [0.05, 0.1) is 16.3 Å². The average Bonchev–Trinajstić information content (AvgIpc) is 2.68. The zero-order valence-electron chi connectivity index (χ0n) is 14.8. The number of carbonyl (C=O) groups excluding carboxylic acids is 1. The molecule has 0 saturated carbocycles. The highest BCUT2D eigenvalue weighted by atomic mass is 35.5. The summed E-state index contributed by atoms with van der Waals surface area (Å²) < 4.78 is 38.2. The Balaban J connectivity index is 2.02. The number of pyridine rings is 2. The van der Waals surface area contributed by atoms with Gasteiger partial charge in [-0.3, -0.25) is 9.78 Å². The summed E-state index contributed by atoms with van der Waals surface area (Å²) in [5.74, 6) is -0.472. The lowest BCUT2D eigenvalue weighted by atomic mass is 10.00. The van der Waals surface area contributed by atoms with E-state index in [0.29, 0.717) is 27.5 Å². The molecule has 1 amide bonds. The number of nitrogens with zero attached hydrogens (tertiary/aromatic N) is 2. The summed E-state index contributed by atoms with van der Waals surface area (Å²) in [7, 11) is 0. The third kappa shape index (κ3) is 4.72. The third-order valence-corrected chi connectivity index (χ3v) is 4.25. The Kier molecular flexibility index (Phi) is 5.56. The highest BCUT2D eigenvalue weighted by Gasteiger charge is 2.30. The largest absolute Gasteiger partial charge is 0.417 e. The van der Waals surface area contributed by atoms with Gasteiger partial charge in [-0.25, -0.2) is 4.98 Å². The zero-order chi connectivity index (χ0) is 21.2. The number of halogens is 4. The molecule has 0 saturated heterocycles. The normalized spacial score (nSPS) is 11.2. The van der Waals surface area contributed by atoms with Crippen molar-refractivity contribution in [3.63, 3.8) is 0 Å². The van der Waals surface area contributed by atoms with Crippen LogP contribution >= 0.6 is 11.6 Å². The minimum Gasteiger partial charge on any atom is -0.366 e. The van der Waals surface area contributed by atoms with Crippen LogP contribution in [0.1, 0.15) is 11.1 Å². The Labute approximate surface area is 169 Å². The van der Waals surface area contributed by atoms with Gasteiger partial charge in [-0.15, -0.1) is 0 Å². The number of nitrogens with one attached hydrogen (secondary N) is 1. The van der Waals surface area contributed by atoms with E-state index in [1.165, 1.54) is 12.3 Å². The first kappa shape index (κ1) is 20.3. The van der Waals surface area contributed by atoms with Gasteiger partial charge in [0.1, 0.15) is 5.82 Å². The Morgan fingerprint density at radius 2 is 1.83 bits per heavy atom. The molecule has 0 fully saturated rings. The van der Waals surface area contributed by atoms with E-state index in [-0.39, 0.29) is 11.4 Å². The standard InChI is InChI=1S/C20H14ClF3N4O/c1-11(19(25)29)12-2-5-17(15(8-12)16-6-4-14(21)10-26-16)28-18-7-3-13(9-27-18)20(22,23)24/h2-10H,1H2,(H2,25,29)(H,27,28). The number of primary amides is 1. The number of hydrogen-bond acceptors (Lipinski definition) is 4. The first-order valence-corrected chi connectivity index (χ1v) is 8.58. The number of carbonyl (C=O) groups is 1. The lowest BCUT2D eigenvalue weighted by molar-refractivity contribution is -0.137. The predicted octanol–water partition coefficient (Wildman–Crippen LogP) is 5.06. The molecule has 2 heterocycles. The molecule has 29 heavy (non-hydrogen) atoms. The fourth-order valence-electron chi connectivity index (χ4n) is 2.50. The molecule has 9 heteroatoms. The van der Waals surface area contributed by atoms with Crippen molar-refractivity contribution in [1.29, 1.82) is 0 Å². The highest BCUT2D eigenvalue weighted by Crippen LogP contribution is 2.33. The first-order chi connectivity index (χ1) is 13.6. The van der Waals surface area contributed by atoms with Crippen molar-refractivity contribution in [3.8, 4) is 11.3 Å². The summed E-state index contributed by atoms with van der Waals surface area (Å²) in [6.45, 7) is 3.66. The molecule has 148 valence electrons. The van der Waals surface area contributed by atoms with Gasteiger partial charge in [-0.2, -0.15) is 13.2 Å². The van der Waals surface area contributed by atoms with Crippen molar-refractivity contribution in [3.05, 3.63) is 77.6 Å². The number of benzene rings is 1. The number of aromatic nitrogens is 2. The topological polar surface area (TPSA) is 80.9 Å². The summed E-state index contributed by atoms with van der Waals surface area (Å²) in [5.41, 5.74) is 6.62. The van der Waals surface area contributed by atoms with E-state index in [0.717, 1.165) is 12.3 Å². The van der Waals surface area contributed by atoms with Gasteiger partial charge in [0.2, 0.25) is 5.91 Å². The van der Waals surface area contributed by atoms with Gasteiger partial charge >= 0.3 is 6.18 Å². The molecule has 3 rings (SSSR count). The molecule has 0 spiro atoms. The molecule has 0 bridgehead atoms. The fourth-order valence-corrected chi connectivity index (χ4v) is 2.62. The van der Waals surface area contributed by atoms with E-state index in [9.17, 15) is 18.0 Å². The molecule has 0 unspecified atom stereocenters. The lowest BCUT2D eigenvalue weighted by Crippen LogP contribution is -2.12. The second kappa shape index (κ2) is 7.92.